The van der Waals surface area contributed by atoms with E-state index < -0.39 is 6.04 Å². The quantitative estimate of drug-likeness (QED) is 0.705. The summed E-state index contributed by atoms with van der Waals surface area (Å²) in [6, 6.07) is -0.452. The number of hydrogen-bond donors (Lipinski definition) is 1. The highest BCUT2D eigenvalue weighted by Gasteiger charge is 2.21. The van der Waals surface area contributed by atoms with Crippen LogP contribution in [0.15, 0.2) is 12.7 Å². The zero-order valence-electron chi connectivity index (χ0n) is 10.0. The summed E-state index contributed by atoms with van der Waals surface area (Å²) in [7, 11) is 1.81. The van der Waals surface area contributed by atoms with Gasteiger partial charge in [-0.1, -0.05) is 6.08 Å². The molecule has 1 fully saturated rings. The van der Waals surface area contributed by atoms with Crippen LogP contribution < -0.4 is 5.73 Å². The van der Waals surface area contributed by atoms with Crippen molar-refractivity contribution in [3.8, 4) is 0 Å². The Balaban J connectivity index is 2.34. The molecule has 0 bridgehead atoms. The molecule has 92 valence electrons. The fourth-order valence-corrected chi connectivity index (χ4v) is 1.99. The van der Waals surface area contributed by atoms with E-state index in [9.17, 15) is 4.79 Å². The van der Waals surface area contributed by atoms with Gasteiger partial charge >= 0.3 is 0 Å². The van der Waals surface area contributed by atoms with Crippen LogP contribution >= 0.6 is 0 Å². The normalized spacial score (nSPS) is 22.5. The molecule has 0 aromatic carbocycles. The average molecular weight is 226 g/mol. The molecule has 0 aromatic heterocycles. The van der Waals surface area contributed by atoms with Gasteiger partial charge in [-0.2, -0.15) is 0 Å². The van der Waals surface area contributed by atoms with Crippen LogP contribution in [0.2, 0.25) is 0 Å². The molecular weight excluding hydrogens is 204 g/mol. The molecule has 1 heterocycles. The van der Waals surface area contributed by atoms with Crippen LogP contribution in [0.5, 0.6) is 0 Å². The van der Waals surface area contributed by atoms with Crippen molar-refractivity contribution in [2.75, 3.05) is 26.8 Å². The van der Waals surface area contributed by atoms with Crippen LogP contribution in [-0.4, -0.2) is 43.7 Å². The number of carbonyl (C=O) groups excluding carboxylic acids is 1. The van der Waals surface area contributed by atoms with Gasteiger partial charge in [0.1, 0.15) is 0 Å². The SMILES string of the molecule is C=CCC(N)C(=O)N(C)CC1CCCOC1. The summed E-state index contributed by atoms with van der Waals surface area (Å²) in [5, 5.41) is 0. The number of likely N-dealkylation sites (N-methyl/N-ethyl adjacent to an activating group) is 1. The number of ether oxygens (including phenoxy) is 1. The van der Waals surface area contributed by atoms with Gasteiger partial charge < -0.3 is 15.4 Å². The molecule has 1 aliphatic heterocycles. The standard InChI is InChI=1S/C12H22N2O2/c1-3-5-11(13)12(15)14(2)8-10-6-4-7-16-9-10/h3,10-11H,1,4-9,13H2,2H3. The van der Waals surface area contributed by atoms with E-state index in [-0.39, 0.29) is 5.91 Å². The molecule has 0 saturated carbocycles. The van der Waals surface area contributed by atoms with E-state index in [1.54, 1.807) is 18.0 Å². The van der Waals surface area contributed by atoms with Gasteiger partial charge in [0.25, 0.3) is 0 Å². The minimum Gasteiger partial charge on any atom is -0.381 e. The highest BCUT2D eigenvalue weighted by Crippen LogP contribution is 2.14. The van der Waals surface area contributed by atoms with E-state index in [2.05, 4.69) is 6.58 Å². The lowest BCUT2D eigenvalue weighted by Gasteiger charge is -2.28. The predicted molar refractivity (Wildman–Crippen MR) is 64.0 cm³/mol. The van der Waals surface area contributed by atoms with Gasteiger partial charge in [0, 0.05) is 20.2 Å². The first-order valence-corrected chi connectivity index (χ1v) is 5.84. The molecule has 2 atom stereocenters. The molecule has 1 amide bonds. The maximum atomic E-state index is 11.8. The summed E-state index contributed by atoms with van der Waals surface area (Å²) >= 11 is 0. The third-order valence-electron chi connectivity index (χ3n) is 2.90. The van der Waals surface area contributed by atoms with Crippen molar-refractivity contribution in [2.24, 2.45) is 11.7 Å². The van der Waals surface area contributed by atoms with Gasteiger partial charge in [0.05, 0.1) is 12.6 Å². The van der Waals surface area contributed by atoms with Crippen molar-refractivity contribution in [1.82, 2.24) is 4.90 Å². The number of carbonyl (C=O) groups is 1. The second-order valence-electron chi connectivity index (χ2n) is 4.43. The van der Waals surface area contributed by atoms with Gasteiger partial charge in [-0.25, -0.2) is 0 Å². The molecule has 2 unspecified atom stereocenters. The number of nitrogens with two attached hydrogens (primary N) is 1. The first-order chi connectivity index (χ1) is 7.65. The Morgan fingerprint density at radius 1 is 1.75 bits per heavy atom. The highest BCUT2D eigenvalue weighted by atomic mass is 16.5. The summed E-state index contributed by atoms with van der Waals surface area (Å²) in [6.45, 7) is 5.94. The minimum absolute atomic E-state index is 0.00882. The Kier molecular flexibility index (Phi) is 5.49. The van der Waals surface area contributed by atoms with Crippen LogP contribution in [0.1, 0.15) is 19.3 Å². The van der Waals surface area contributed by atoms with Crippen molar-refractivity contribution < 1.29 is 9.53 Å². The van der Waals surface area contributed by atoms with E-state index in [0.717, 1.165) is 32.6 Å². The summed E-state index contributed by atoms with van der Waals surface area (Å²) in [5.41, 5.74) is 5.74. The largest absolute Gasteiger partial charge is 0.381 e. The maximum Gasteiger partial charge on any atom is 0.239 e. The minimum atomic E-state index is -0.452. The van der Waals surface area contributed by atoms with Gasteiger partial charge in [0.2, 0.25) is 5.91 Å². The first-order valence-electron chi connectivity index (χ1n) is 5.84. The molecule has 1 saturated heterocycles. The van der Waals surface area contributed by atoms with Gasteiger partial charge in [-0.15, -0.1) is 6.58 Å². The molecule has 1 rings (SSSR count). The molecule has 0 aliphatic carbocycles. The lowest BCUT2D eigenvalue weighted by molar-refractivity contribution is -0.132. The second-order valence-corrected chi connectivity index (χ2v) is 4.43. The Bertz CT molecular complexity index is 237. The van der Waals surface area contributed by atoms with Crippen molar-refractivity contribution >= 4 is 5.91 Å². The topological polar surface area (TPSA) is 55.6 Å². The molecule has 1 aliphatic rings. The van der Waals surface area contributed by atoms with E-state index in [1.807, 2.05) is 0 Å². The molecule has 16 heavy (non-hydrogen) atoms. The zero-order valence-corrected chi connectivity index (χ0v) is 10.0. The smallest absolute Gasteiger partial charge is 0.239 e. The maximum absolute atomic E-state index is 11.8. The van der Waals surface area contributed by atoms with Crippen molar-refractivity contribution in [1.29, 1.82) is 0 Å². The van der Waals surface area contributed by atoms with Gasteiger partial charge in [-0.05, 0) is 25.2 Å². The number of hydrogen-bond acceptors (Lipinski definition) is 3. The fraction of sp³-hybridized carbons (Fsp3) is 0.750. The fourth-order valence-electron chi connectivity index (χ4n) is 1.99. The predicted octanol–water partition coefficient (Wildman–Crippen LogP) is 0.775. The summed E-state index contributed by atoms with van der Waals surface area (Å²) in [5.74, 6) is 0.448. The Morgan fingerprint density at radius 3 is 3.06 bits per heavy atom. The van der Waals surface area contributed by atoms with E-state index in [1.165, 1.54) is 0 Å². The Labute approximate surface area is 97.4 Å². The van der Waals surface area contributed by atoms with Crippen LogP contribution in [-0.2, 0) is 9.53 Å². The summed E-state index contributed by atoms with van der Waals surface area (Å²) in [4.78, 5) is 13.5. The zero-order chi connectivity index (χ0) is 12.0. The van der Waals surface area contributed by atoms with Crippen molar-refractivity contribution in [2.45, 2.75) is 25.3 Å². The monoisotopic (exact) mass is 226 g/mol. The van der Waals surface area contributed by atoms with Crippen LogP contribution in [0.3, 0.4) is 0 Å². The number of nitrogens with zero attached hydrogens (tertiary/aromatic N) is 1. The summed E-state index contributed by atoms with van der Waals surface area (Å²) in [6.07, 6.45) is 4.43. The third-order valence-corrected chi connectivity index (χ3v) is 2.90. The van der Waals surface area contributed by atoms with Gasteiger partial charge in [0.15, 0.2) is 0 Å². The molecule has 0 radical (unpaired) electrons. The Morgan fingerprint density at radius 2 is 2.50 bits per heavy atom. The molecule has 4 heteroatoms. The second kappa shape index (κ2) is 6.66. The Hall–Kier alpha value is -0.870. The first kappa shape index (κ1) is 13.2. The van der Waals surface area contributed by atoms with Crippen molar-refractivity contribution in [3.63, 3.8) is 0 Å². The summed E-state index contributed by atoms with van der Waals surface area (Å²) < 4.78 is 5.39. The van der Waals surface area contributed by atoms with Gasteiger partial charge in [-0.3, -0.25) is 4.79 Å². The van der Waals surface area contributed by atoms with E-state index in [4.69, 9.17) is 10.5 Å². The van der Waals surface area contributed by atoms with E-state index in [0.29, 0.717) is 12.3 Å². The number of rotatable bonds is 5. The highest BCUT2D eigenvalue weighted by molar-refractivity contribution is 5.81. The average Bonchev–Trinajstić information content (AvgIpc) is 2.29. The third kappa shape index (κ3) is 3.94. The molecular formula is C12H22N2O2. The lowest BCUT2D eigenvalue weighted by atomic mass is 10.0. The van der Waals surface area contributed by atoms with Crippen LogP contribution in [0, 0.1) is 5.92 Å². The molecule has 0 aromatic rings. The molecule has 0 spiro atoms. The van der Waals surface area contributed by atoms with Crippen LogP contribution in [0.4, 0.5) is 0 Å². The number of amides is 1. The van der Waals surface area contributed by atoms with E-state index >= 15 is 0 Å². The lowest BCUT2D eigenvalue weighted by Crippen LogP contribution is -2.44. The van der Waals surface area contributed by atoms with Crippen molar-refractivity contribution in [3.05, 3.63) is 12.7 Å². The molecule has 4 nitrogen and oxygen atoms in total. The molecule has 2 N–H and O–H groups in total. The van der Waals surface area contributed by atoms with Crippen LogP contribution in [0.25, 0.3) is 0 Å².